The van der Waals surface area contributed by atoms with Crippen LogP contribution in [-0.2, 0) is 4.74 Å². The number of hydrogen-bond acceptors (Lipinski definition) is 7. The number of carbonyl (C=O) groups excluding carboxylic acids is 1. The lowest BCUT2D eigenvalue weighted by Gasteiger charge is -2.24. The normalized spacial score (nSPS) is 11.3. The first kappa shape index (κ1) is 13.9. The molecule has 106 valence electrons. The predicted molar refractivity (Wildman–Crippen MR) is 76.5 cm³/mol. The van der Waals surface area contributed by atoms with Gasteiger partial charge < -0.3 is 20.4 Å². The second-order valence-corrected chi connectivity index (χ2v) is 5.18. The lowest BCUT2D eigenvalue weighted by atomic mass is 10.2. The van der Waals surface area contributed by atoms with E-state index in [4.69, 9.17) is 10.5 Å². The number of hydrazine groups is 1. The van der Waals surface area contributed by atoms with E-state index in [0.29, 0.717) is 17.0 Å². The number of nitrogens with one attached hydrogen (secondary N) is 2. The molecule has 0 saturated carbocycles. The summed E-state index contributed by atoms with van der Waals surface area (Å²) in [6.07, 6.45) is 0.879. The summed E-state index contributed by atoms with van der Waals surface area (Å²) in [6, 6.07) is 0. The van der Waals surface area contributed by atoms with Crippen LogP contribution in [0.4, 0.5) is 16.6 Å². The Hall–Kier alpha value is -2.52. The average Bonchev–Trinajstić information content (AvgIpc) is 2.72. The van der Waals surface area contributed by atoms with Crippen molar-refractivity contribution in [3.8, 4) is 0 Å². The number of amides is 1. The summed E-state index contributed by atoms with van der Waals surface area (Å²) in [7, 11) is 1.61. The van der Waals surface area contributed by atoms with Crippen LogP contribution < -0.4 is 16.1 Å². The molecule has 0 fully saturated rings. The van der Waals surface area contributed by atoms with Gasteiger partial charge in [0.2, 0.25) is 13.9 Å². The van der Waals surface area contributed by atoms with E-state index in [0.717, 1.165) is 0 Å². The van der Waals surface area contributed by atoms with Gasteiger partial charge in [0.05, 0.1) is 6.33 Å². The Kier molecular flexibility index (Phi) is 3.39. The highest BCUT2D eigenvalue weighted by molar-refractivity contribution is 6.19. The van der Waals surface area contributed by atoms with Gasteiger partial charge in [-0.05, 0) is 20.8 Å². The highest BCUT2D eigenvalue weighted by atomic mass is 16.6. The van der Waals surface area contributed by atoms with Crippen molar-refractivity contribution in [3.05, 3.63) is 6.33 Å². The molecule has 0 saturated heterocycles. The van der Waals surface area contributed by atoms with Crippen molar-refractivity contribution in [2.45, 2.75) is 26.4 Å². The lowest BCUT2D eigenvalue weighted by Crippen LogP contribution is -2.44. The van der Waals surface area contributed by atoms with Crippen LogP contribution in [0.1, 0.15) is 20.8 Å². The van der Waals surface area contributed by atoms with E-state index in [2.05, 4.69) is 25.4 Å². The molecular formula is C10H16BN7O2. The number of nitrogens with two attached hydrogens (primary N) is 1. The molecule has 0 aliphatic heterocycles. The number of nitrogen functional groups attached to an aromatic ring is 1. The molecule has 4 N–H and O–H groups in total. The zero-order valence-electron chi connectivity index (χ0n) is 11.8. The Morgan fingerprint density at radius 1 is 1.50 bits per heavy atom. The molecule has 0 aliphatic carbocycles. The molecule has 2 aromatic heterocycles. The van der Waals surface area contributed by atoms with Crippen molar-refractivity contribution < 1.29 is 9.53 Å². The first-order chi connectivity index (χ1) is 9.26. The Balaban J connectivity index is 2.21. The third kappa shape index (κ3) is 3.08. The van der Waals surface area contributed by atoms with Crippen molar-refractivity contribution in [3.63, 3.8) is 0 Å². The molecule has 0 bridgehead atoms. The van der Waals surface area contributed by atoms with Gasteiger partial charge in [-0.1, -0.05) is 0 Å². The first-order valence-electron chi connectivity index (χ1n) is 5.96. The van der Waals surface area contributed by atoms with E-state index in [1.807, 2.05) is 0 Å². The van der Waals surface area contributed by atoms with Crippen LogP contribution in [0.3, 0.4) is 0 Å². The maximum Gasteiger partial charge on any atom is 0.425 e. The van der Waals surface area contributed by atoms with Crippen LogP contribution in [0.5, 0.6) is 0 Å². The van der Waals surface area contributed by atoms with Gasteiger partial charge in [0.1, 0.15) is 5.60 Å². The highest BCUT2D eigenvalue weighted by Gasteiger charge is 2.19. The Morgan fingerprint density at radius 2 is 2.20 bits per heavy atom. The minimum absolute atomic E-state index is 0.0783. The van der Waals surface area contributed by atoms with E-state index < -0.39 is 11.7 Å². The van der Waals surface area contributed by atoms with Crippen LogP contribution in [0, 0.1) is 0 Å². The quantitative estimate of drug-likeness (QED) is 0.510. The number of nitrogens with zero attached hydrogens (tertiary/aromatic N) is 4. The summed E-state index contributed by atoms with van der Waals surface area (Å²) >= 11 is 0. The minimum Gasteiger partial charge on any atom is -0.443 e. The summed E-state index contributed by atoms with van der Waals surface area (Å²) in [5.41, 5.74) is 8.55. The molecule has 0 spiro atoms. The minimum atomic E-state index is -0.596. The summed E-state index contributed by atoms with van der Waals surface area (Å²) in [5.74, 6) is 0.453. The third-order valence-electron chi connectivity index (χ3n) is 2.25. The SMILES string of the molecule is BN(NC(=O)OC(C)(C)C)c1nc(N)nc2[nH]cnc12. The van der Waals surface area contributed by atoms with Crippen LogP contribution in [0.15, 0.2) is 6.33 Å². The summed E-state index contributed by atoms with van der Waals surface area (Å²) in [6.45, 7) is 5.34. The Morgan fingerprint density at radius 3 is 2.85 bits per heavy atom. The first-order valence-corrected chi connectivity index (χ1v) is 5.96. The standard InChI is InChI=1S/C10H16BN7O2/c1-10(2,3)20-9(19)17-18(11)7-5-6(14-4-13-5)15-8(12)16-7/h4H,11H2,1-3H3,(H,17,19)(H3,12,13,14,15,16). The monoisotopic (exact) mass is 277 g/mol. The number of H-pyrrole nitrogens is 1. The maximum absolute atomic E-state index is 11.7. The number of rotatable bonds is 2. The predicted octanol–water partition coefficient (Wildman–Crippen LogP) is -0.271. The molecule has 0 unspecified atom stereocenters. The molecule has 2 heterocycles. The van der Waals surface area contributed by atoms with Crippen LogP contribution >= 0.6 is 0 Å². The number of hydrogen-bond donors (Lipinski definition) is 3. The molecule has 10 heteroatoms. The Bertz CT molecular complexity index is 636. The number of carbonyl (C=O) groups is 1. The third-order valence-corrected chi connectivity index (χ3v) is 2.25. The molecule has 2 aromatic rings. The molecular weight excluding hydrogens is 261 g/mol. The second kappa shape index (κ2) is 4.87. The molecule has 1 amide bonds. The van der Waals surface area contributed by atoms with E-state index in [-0.39, 0.29) is 5.95 Å². The number of imidazole rings is 1. The molecule has 0 aromatic carbocycles. The molecule has 2 rings (SSSR count). The van der Waals surface area contributed by atoms with Crippen molar-refractivity contribution >= 4 is 37.0 Å². The topological polar surface area (TPSA) is 122 Å². The largest absolute Gasteiger partial charge is 0.443 e. The van der Waals surface area contributed by atoms with Crippen LogP contribution in [0.2, 0.25) is 0 Å². The van der Waals surface area contributed by atoms with Gasteiger partial charge in [0, 0.05) is 0 Å². The summed E-state index contributed by atoms with van der Waals surface area (Å²) < 4.78 is 5.16. The molecule has 0 atom stereocenters. The number of aromatic amines is 1. The van der Waals surface area contributed by atoms with Gasteiger partial charge in [0.15, 0.2) is 17.0 Å². The highest BCUT2D eigenvalue weighted by Crippen LogP contribution is 2.19. The van der Waals surface area contributed by atoms with Gasteiger partial charge in [0.25, 0.3) is 0 Å². The zero-order chi connectivity index (χ0) is 14.9. The zero-order valence-corrected chi connectivity index (χ0v) is 11.8. The van der Waals surface area contributed by atoms with Gasteiger partial charge in [-0.15, -0.1) is 0 Å². The summed E-state index contributed by atoms with van der Waals surface area (Å²) in [4.78, 5) is 28.1. The van der Waals surface area contributed by atoms with Crippen LogP contribution in [0.25, 0.3) is 11.2 Å². The molecule has 9 nitrogen and oxygen atoms in total. The number of anilines is 2. The molecule has 0 radical (unpaired) electrons. The van der Waals surface area contributed by atoms with Crippen molar-refractivity contribution in [1.29, 1.82) is 0 Å². The fourth-order valence-electron chi connectivity index (χ4n) is 1.56. The van der Waals surface area contributed by atoms with Gasteiger partial charge in [-0.3, -0.25) is 0 Å². The second-order valence-electron chi connectivity index (χ2n) is 5.18. The van der Waals surface area contributed by atoms with E-state index in [1.165, 1.54) is 11.2 Å². The summed E-state index contributed by atoms with van der Waals surface area (Å²) in [5, 5.41) is 0. The number of fused-ring (bicyclic) bond motifs is 1. The van der Waals surface area contributed by atoms with Crippen LogP contribution in [-0.4, -0.2) is 39.6 Å². The fourth-order valence-corrected chi connectivity index (χ4v) is 1.56. The number of aromatic nitrogens is 4. The lowest BCUT2D eigenvalue weighted by molar-refractivity contribution is 0.0531. The fraction of sp³-hybridized carbons (Fsp3) is 0.400. The van der Waals surface area contributed by atoms with Gasteiger partial charge in [-0.2, -0.15) is 9.97 Å². The number of ether oxygens (including phenoxy) is 1. The van der Waals surface area contributed by atoms with Gasteiger partial charge >= 0.3 is 6.09 Å². The Labute approximate surface area is 116 Å². The average molecular weight is 277 g/mol. The van der Waals surface area contributed by atoms with Crippen molar-refractivity contribution in [2.24, 2.45) is 0 Å². The molecule has 0 aliphatic rings. The molecule has 20 heavy (non-hydrogen) atoms. The van der Waals surface area contributed by atoms with E-state index >= 15 is 0 Å². The van der Waals surface area contributed by atoms with E-state index in [9.17, 15) is 4.79 Å². The maximum atomic E-state index is 11.7. The van der Waals surface area contributed by atoms with E-state index in [1.54, 1.807) is 28.8 Å². The van der Waals surface area contributed by atoms with Gasteiger partial charge in [-0.25, -0.2) is 15.2 Å². The van der Waals surface area contributed by atoms with Crippen molar-refractivity contribution in [1.82, 2.24) is 25.4 Å². The smallest absolute Gasteiger partial charge is 0.425 e. The van der Waals surface area contributed by atoms with Crippen molar-refractivity contribution in [2.75, 3.05) is 10.7 Å².